The lowest BCUT2D eigenvalue weighted by Crippen LogP contribution is -2.50. The molecule has 2 aromatic rings. The second kappa shape index (κ2) is 12.9. The number of ether oxygens (including phenoxy) is 2. The van der Waals surface area contributed by atoms with Crippen molar-refractivity contribution in [1.82, 2.24) is 10.2 Å². The topological polar surface area (TPSA) is 67.9 Å². The van der Waals surface area contributed by atoms with Crippen molar-refractivity contribution in [3.63, 3.8) is 0 Å². The predicted molar refractivity (Wildman–Crippen MR) is 129 cm³/mol. The van der Waals surface area contributed by atoms with Gasteiger partial charge in [0.05, 0.1) is 13.7 Å². The first-order chi connectivity index (χ1) is 16.1. The van der Waals surface area contributed by atoms with E-state index in [2.05, 4.69) is 5.32 Å². The number of carbonyl (C=O) groups excluding carboxylic acids is 2. The lowest BCUT2D eigenvalue weighted by Gasteiger charge is -2.31. The monoisotopic (exact) mass is 452 g/mol. The maximum atomic E-state index is 13.2. The molecule has 0 aliphatic heterocycles. The average Bonchev–Trinajstić information content (AvgIpc) is 2.86. The van der Waals surface area contributed by atoms with Crippen molar-refractivity contribution in [2.75, 3.05) is 13.7 Å². The summed E-state index contributed by atoms with van der Waals surface area (Å²) >= 11 is 0. The zero-order valence-corrected chi connectivity index (χ0v) is 19.8. The number of hydrogen-bond donors (Lipinski definition) is 1. The maximum absolute atomic E-state index is 13.2. The minimum atomic E-state index is -0.526. The van der Waals surface area contributed by atoms with Gasteiger partial charge < -0.3 is 19.7 Å². The Morgan fingerprint density at radius 1 is 1.00 bits per heavy atom. The summed E-state index contributed by atoms with van der Waals surface area (Å²) in [5.41, 5.74) is 1.01. The van der Waals surface area contributed by atoms with Gasteiger partial charge >= 0.3 is 0 Å². The summed E-state index contributed by atoms with van der Waals surface area (Å²) in [6.07, 6.45) is 6.48. The van der Waals surface area contributed by atoms with Gasteiger partial charge in [0, 0.05) is 19.0 Å². The van der Waals surface area contributed by atoms with Gasteiger partial charge in [-0.2, -0.15) is 0 Å². The molecule has 0 radical (unpaired) electrons. The van der Waals surface area contributed by atoms with Gasteiger partial charge in [0.15, 0.2) is 0 Å². The molecular weight excluding hydrogens is 416 g/mol. The highest BCUT2D eigenvalue weighted by molar-refractivity contribution is 5.87. The minimum Gasteiger partial charge on any atom is -0.497 e. The Morgan fingerprint density at radius 2 is 1.67 bits per heavy atom. The zero-order valence-electron chi connectivity index (χ0n) is 19.8. The second-order valence-electron chi connectivity index (χ2n) is 8.65. The SMILES string of the molecule is COc1ccc(OCCCC(=O)N(Cc2ccccc2)[C@H](C)C(=O)NC2CCCCC2)cc1. The highest BCUT2D eigenvalue weighted by Crippen LogP contribution is 2.19. The van der Waals surface area contributed by atoms with E-state index in [1.165, 1.54) is 6.42 Å². The van der Waals surface area contributed by atoms with Crippen LogP contribution >= 0.6 is 0 Å². The first kappa shape index (κ1) is 24.6. The Kier molecular flexibility index (Phi) is 9.60. The molecule has 1 fully saturated rings. The van der Waals surface area contributed by atoms with E-state index in [1.807, 2.05) is 61.5 Å². The summed E-state index contributed by atoms with van der Waals surface area (Å²) in [7, 11) is 1.62. The molecule has 33 heavy (non-hydrogen) atoms. The normalized spacial score (nSPS) is 14.8. The zero-order chi connectivity index (χ0) is 23.5. The summed E-state index contributed by atoms with van der Waals surface area (Å²) in [5, 5.41) is 3.17. The molecular formula is C27H36N2O4. The fourth-order valence-corrected chi connectivity index (χ4v) is 4.16. The standard InChI is InChI=1S/C27H36N2O4/c1-21(27(31)28-23-12-7-4-8-13-23)29(20-22-10-5-3-6-11-22)26(30)14-9-19-33-25-17-15-24(32-2)16-18-25/h3,5-6,10-11,15-18,21,23H,4,7-9,12-14,19-20H2,1-2H3,(H,28,31)/t21-/m1/s1. The van der Waals surface area contributed by atoms with Crippen molar-refractivity contribution >= 4 is 11.8 Å². The maximum Gasteiger partial charge on any atom is 0.242 e. The van der Waals surface area contributed by atoms with Crippen LogP contribution in [0.5, 0.6) is 11.5 Å². The van der Waals surface area contributed by atoms with E-state index in [9.17, 15) is 9.59 Å². The van der Waals surface area contributed by atoms with Gasteiger partial charge in [-0.25, -0.2) is 0 Å². The van der Waals surface area contributed by atoms with E-state index >= 15 is 0 Å². The van der Waals surface area contributed by atoms with E-state index < -0.39 is 6.04 Å². The molecule has 1 N–H and O–H groups in total. The lowest BCUT2D eigenvalue weighted by atomic mass is 9.95. The molecule has 6 nitrogen and oxygen atoms in total. The van der Waals surface area contributed by atoms with Gasteiger partial charge in [-0.05, 0) is 56.0 Å². The molecule has 0 unspecified atom stereocenters. The predicted octanol–water partition coefficient (Wildman–Crippen LogP) is 4.72. The smallest absolute Gasteiger partial charge is 0.242 e. The lowest BCUT2D eigenvalue weighted by molar-refractivity contribution is -0.141. The molecule has 0 heterocycles. The largest absolute Gasteiger partial charge is 0.497 e. The summed E-state index contributed by atoms with van der Waals surface area (Å²) < 4.78 is 10.9. The van der Waals surface area contributed by atoms with Crippen LogP contribution in [0.2, 0.25) is 0 Å². The number of nitrogens with zero attached hydrogens (tertiary/aromatic N) is 1. The van der Waals surface area contributed by atoms with E-state index in [1.54, 1.807) is 12.0 Å². The van der Waals surface area contributed by atoms with Crippen LogP contribution in [-0.2, 0) is 16.1 Å². The van der Waals surface area contributed by atoms with Crippen LogP contribution in [0.1, 0.15) is 57.4 Å². The average molecular weight is 453 g/mol. The molecule has 0 aromatic heterocycles. The molecule has 0 spiro atoms. The molecule has 0 saturated heterocycles. The first-order valence-corrected chi connectivity index (χ1v) is 12.0. The first-order valence-electron chi connectivity index (χ1n) is 12.0. The molecule has 1 aliphatic rings. The third-order valence-corrected chi connectivity index (χ3v) is 6.18. The Morgan fingerprint density at radius 3 is 2.33 bits per heavy atom. The number of nitrogens with one attached hydrogen (secondary N) is 1. The van der Waals surface area contributed by atoms with Crippen molar-refractivity contribution in [1.29, 1.82) is 0 Å². The van der Waals surface area contributed by atoms with Crippen molar-refractivity contribution in [3.8, 4) is 11.5 Å². The molecule has 3 rings (SSSR count). The van der Waals surface area contributed by atoms with E-state index in [-0.39, 0.29) is 17.9 Å². The summed E-state index contributed by atoms with van der Waals surface area (Å²) in [4.78, 5) is 27.8. The van der Waals surface area contributed by atoms with Gasteiger partial charge in [0.2, 0.25) is 11.8 Å². The number of rotatable bonds is 11. The Labute approximate surface area is 197 Å². The molecule has 0 bridgehead atoms. The molecule has 1 atom stereocenters. The van der Waals surface area contributed by atoms with Crippen LogP contribution in [0.25, 0.3) is 0 Å². The van der Waals surface area contributed by atoms with Crippen molar-refractivity contribution in [2.24, 2.45) is 0 Å². The van der Waals surface area contributed by atoms with Crippen LogP contribution in [0.15, 0.2) is 54.6 Å². The summed E-state index contributed by atoms with van der Waals surface area (Å²) in [6.45, 7) is 2.67. The van der Waals surface area contributed by atoms with Crippen molar-refractivity contribution < 1.29 is 19.1 Å². The molecule has 1 saturated carbocycles. The Bertz CT molecular complexity index is 863. The summed E-state index contributed by atoms with van der Waals surface area (Å²) in [5.74, 6) is 1.41. The quantitative estimate of drug-likeness (QED) is 0.501. The van der Waals surface area contributed by atoms with Gasteiger partial charge in [-0.3, -0.25) is 9.59 Å². The third-order valence-electron chi connectivity index (χ3n) is 6.18. The number of benzene rings is 2. The van der Waals surface area contributed by atoms with Gasteiger partial charge in [0.1, 0.15) is 17.5 Å². The van der Waals surface area contributed by atoms with Crippen LogP contribution < -0.4 is 14.8 Å². The van der Waals surface area contributed by atoms with Crippen LogP contribution in [-0.4, -0.2) is 42.5 Å². The van der Waals surface area contributed by atoms with Gasteiger partial charge in [-0.1, -0.05) is 49.6 Å². The number of hydrogen-bond acceptors (Lipinski definition) is 4. The molecule has 6 heteroatoms. The summed E-state index contributed by atoms with van der Waals surface area (Å²) in [6, 6.07) is 16.9. The van der Waals surface area contributed by atoms with Crippen molar-refractivity contribution in [2.45, 2.75) is 70.5 Å². The molecule has 2 aromatic carbocycles. The Balaban J connectivity index is 1.56. The van der Waals surface area contributed by atoms with Gasteiger partial charge in [-0.15, -0.1) is 0 Å². The molecule has 178 valence electrons. The number of methoxy groups -OCH3 is 1. The second-order valence-corrected chi connectivity index (χ2v) is 8.65. The minimum absolute atomic E-state index is 0.0384. The fourth-order valence-electron chi connectivity index (χ4n) is 4.16. The number of carbonyl (C=O) groups is 2. The Hall–Kier alpha value is -3.02. The van der Waals surface area contributed by atoms with E-state index in [4.69, 9.17) is 9.47 Å². The highest BCUT2D eigenvalue weighted by atomic mass is 16.5. The third kappa shape index (κ3) is 7.81. The number of amides is 2. The van der Waals surface area contributed by atoms with E-state index in [0.29, 0.717) is 26.0 Å². The highest BCUT2D eigenvalue weighted by Gasteiger charge is 2.27. The van der Waals surface area contributed by atoms with Crippen LogP contribution in [0, 0.1) is 0 Å². The molecule has 1 aliphatic carbocycles. The molecule has 2 amide bonds. The van der Waals surface area contributed by atoms with Gasteiger partial charge in [0.25, 0.3) is 0 Å². The van der Waals surface area contributed by atoms with Crippen LogP contribution in [0.3, 0.4) is 0 Å². The van der Waals surface area contributed by atoms with Crippen molar-refractivity contribution in [3.05, 3.63) is 60.2 Å². The fraction of sp³-hybridized carbons (Fsp3) is 0.481. The van der Waals surface area contributed by atoms with E-state index in [0.717, 1.165) is 42.7 Å². The van der Waals surface area contributed by atoms with Crippen LogP contribution in [0.4, 0.5) is 0 Å².